The molecule has 2 rings (SSSR count). The van der Waals surface area contributed by atoms with E-state index >= 15 is 0 Å². The van der Waals surface area contributed by atoms with Gasteiger partial charge in [-0.2, -0.15) is 0 Å². The summed E-state index contributed by atoms with van der Waals surface area (Å²) in [5, 5.41) is 2.88. The van der Waals surface area contributed by atoms with Crippen molar-refractivity contribution in [2.75, 3.05) is 0 Å². The van der Waals surface area contributed by atoms with Gasteiger partial charge in [-0.25, -0.2) is 13.6 Å². The van der Waals surface area contributed by atoms with Gasteiger partial charge in [0.05, 0.1) is 0 Å². The van der Waals surface area contributed by atoms with Crippen LogP contribution in [-0.4, -0.2) is 18.6 Å². The first-order chi connectivity index (χ1) is 11.0. The number of amides is 1. The Morgan fingerprint density at radius 3 is 2.48 bits per heavy atom. The van der Waals surface area contributed by atoms with Crippen molar-refractivity contribution in [2.45, 2.75) is 58.1 Å². The van der Waals surface area contributed by atoms with E-state index in [-0.39, 0.29) is 12.6 Å². The summed E-state index contributed by atoms with van der Waals surface area (Å²) in [4.78, 5) is 11.8. The summed E-state index contributed by atoms with van der Waals surface area (Å²) in [6, 6.07) is 9.62. The minimum atomic E-state index is -2.24. The van der Waals surface area contributed by atoms with Crippen LogP contribution in [0.2, 0.25) is 0 Å². The van der Waals surface area contributed by atoms with Crippen LogP contribution in [0.3, 0.4) is 0 Å². The summed E-state index contributed by atoms with van der Waals surface area (Å²) in [7, 11) is 0. The zero-order chi connectivity index (χ0) is 16.7. The molecule has 0 aromatic heterocycles. The van der Waals surface area contributed by atoms with Crippen LogP contribution in [0.15, 0.2) is 30.3 Å². The molecule has 1 aromatic carbocycles. The third-order valence-corrected chi connectivity index (χ3v) is 4.52. The fourth-order valence-corrected chi connectivity index (χ4v) is 3.10. The Bertz CT molecular complexity index is 473. The topological polar surface area (TPSA) is 38.3 Å². The van der Waals surface area contributed by atoms with Crippen molar-refractivity contribution < 1.29 is 18.3 Å². The first-order valence-corrected chi connectivity index (χ1v) is 8.30. The molecule has 0 spiro atoms. The second kappa shape index (κ2) is 8.85. The molecule has 0 aliphatic heterocycles. The molecule has 1 aliphatic carbocycles. The fourth-order valence-electron chi connectivity index (χ4n) is 3.10. The van der Waals surface area contributed by atoms with Gasteiger partial charge in [0.15, 0.2) is 0 Å². The lowest BCUT2D eigenvalue weighted by Gasteiger charge is -2.30. The molecule has 5 heteroatoms. The maximum atomic E-state index is 12.6. The van der Waals surface area contributed by atoms with Crippen LogP contribution < -0.4 is 5.32 Å². The molecule has 23 heavy (non-hydrogen) atoms. The van der Waals surface area contributed by atoms with Crippen LogP contribution in [-0.2, 0) is 11.3 Å². The van der Waals surface area contributed by atoms with E-state index in [4.69, 9.17) is 4.74 Å². The molecule has 1 fully saturated rings. The van der Waals surface area contributed by atoms with Gasteiger partial charge in [-0.1, -0.05) is 37.3 Å². The summed E-state index contributed by atoms with van der Waals surface area (Å²) in [5.74, 6) is -0.197. The standard InChI is InChI=1S/C18H25F2NO2/c1-13(17(19)20)11-14-7-9-16(10-8-14)21-18(22)23-12-15-5-3-2-4-6-15/h2-6,13-14,16-17H,7-12H2,1H3,(H,21,22). The molecule has 0 bridgehead atoms. The molecular formula is C18H25F2NO2. The zero-order valence-electron chi connectivity index (χ0n) is 13.5. The van der Waals surface area contributed by atoms with Crippen LogP contribution in [0, 0.1) is 11.8 Å². The Morgan fingerprint density at radius 2 is 1.87 bits per heavy atom. The highest BCUT2D eigenvalue weighted by molar-refractivity contribution is 5.67. The monoisotopic (exact) mass is 325 g/mol. The molecule has 0 saturated heterocycles. The highest BCUT2D eigenvalue weighted by Gasteiger charge is 2.26. The smallest absolute Gasteiger partial charge is 0.407 e. The third-order valence-electron chi connectivity index (χ3n) is 4.52. The second-order valence-electron chi connectivity index (χ2n) is 6.47. The van der Waals surface area contributed by atoms with Crippen LogP contribution in [0.1, 0.15) is 44.6 Å². The van der Waals surface area contributed by atoms with Gasteiger partial charge in [0.1, 0.15) is 6.61 Å². The van der Waals surface area contributed by atoms with Gasteiger partial charge >= 0.3 is 6.09 Å². The van der Waals surface area contributed by atoms with Crippen LogP contribution >= 0.6 is 0 Å². The van der Waals surface area contributed by atoms with Gasteiger partial charge in [0, 0.05) is 12.0 Å². The van der Waals surface area contributed by atoms with E-state index in [9.17, 15) is 13.6 Å². The molecule has 1 saturated carbocycles. The largest absolute Gasteiger partial charge is 0.445 e. The first kappa shape index (κ1) is 17.7. The second-order valence-corrected chi connectivity index (χ2v) is 6.47. The van der Waals surface area contributed by atoms with Gasteiger partial charge in [0.2, 0.25) is 6.43 Å². The third kappa shape index (κ3) is 6.16. The molecule has 1 aliphatic rings. The SMILES string of the molecule is CC(CC1CCC(NC(=O)OCc2ccccc2)CC1)C(F)F. The Kier molecular flexibility index (Phi) is 6.81. The van der Waals surface area contributed by atoms with E-state index < -0.39 is 18.4 Å². The number of alkyl carbamates (subject to hydrolysis) is 1. The Hall–Kier alpha value is -1.65. The predicted molar refractivity (Wildman–Crippen MR) is 85.3 cm³/mol. The number of carbonyl (C=O) groups excluding carboxylic acids is 1. The van der Waals surface area contributed by atoms with Gasteiger partial charge in [-0.05, 0) is 43.6 Å². The number of alkyl halides is 2. The van der Waals surface area contributed by atoms with Crippen molar-refractivity contribution in [3.8, 4) is 0 Å². The molecule has 1 atom stereocenters. The molecule has 1 amide bonds. The molecule has 3 nitrogen and oxygen atoms in total. The van der Waals surface area contributed by atoms with Crippen molar-refractivity contribution in [1.82, 2.24) is 5.32 Å². The van der Waals surface area contributed by atoms with Crippen LogP contribution in [0.5, 0.6) is 0 Å². The number of carbonyl (C=O) groups is 1. The zero-order valence-corrected chi connectivity index (χ0v) is 13.5. The average molecular weight is 325 g/mol. The van der Waals surface area contributed by atoms with E-state index in [2.05, 4.69) is 5.32 Å². The maximum absolute atomic E-state index is 12.6. The Balaban J connectivity index is 1.64. The van der Waals surface area contributed by atoms with Gasteiger partial charge in [-0.3, -0.25) is 0 Å². The minimum absolute atomic E-state index is 0.0939. The number of nitrogens with one attached hydrogen (secondary N) is 1. The summed E-state index contributed by atoms with van der Waals surface area (Å²) in [6.07, 6.45) is 1.38. The molecule has 1 N–H and O–H groups in total. The number of rotatable bonds is 6. The van der Waals surface area contributed by atoms with E-state index in [1.807, 2.05) is 30.3 Å². The summed E-state index contributed by atoms with van der Waals surface area (Å²) < 4.78 is 30.4. The average Bonchev–Trinajstić information content (AvgIpc) is 2.55. The molecule has 128 valence electrons. The normalized spacial score (nSPS) is 22.6. The molecular weight excluding hydrogens is 300 g/mol. The molecule has 1 unspecified atom stereocenters. The molecule has 0 heterocycles. The number of hydrogen-bond donors (Lipinski definition) is 1. The van der Waals surface area contributed by atoms with Crippen molar-refractivity contribution in [3.63, 3.8) is 0 Å². The summed E-state index contributed by atoms with van der Waals surface area (Å²) in [6.45, 7) is 1.86. The maximum Gasteiger partial charge on any atom is 0.407 e. The predicted octanol–water partition coefficient (Wildman–Crippen LogP) is 4.76. The molecule has 1 aromatic rings. The van der Waals surface area contributed by atoms with Crippen molar-refractivity contribution in [3.05, 3.63) is 35.9 Å². The Morgan fingerprint density at radius 1 is 1.22 bits per heavy atom. The first-order valence-electron chi connectivity index (χ1n) is 8.30. The van der Waals surface area contributed by atoms with Crippen molar-refractivity contribution in [2.24, 2.45) is 11.8 Å². The Labute approximate surface area is 136 Å². The summed E-state index contributed by atoms with van der Waals surface area (Å²) in [5.41, 5.74) is 0.951. The minimum Gasteiger partial charge on any atom is -0.445 e. The number of halogens is 2. The van der Waals surface area contributed by atoms with Gasteiger partial charge < -0.3 is 10.1 Å². The van der Waals surface area contributed by atoms with Gasteiger partial charge in [0.25, 0.3) is 0 Å². The van der Waals surface area contributed by atoms with E-state index in [0.717, 1.165) is 31.2 Å². The fraction of sp³-hybridized carbons (Fsp3) is 0.611. The highest BCUT2D eigenvalue weighted by atomic mass is 19.3. The lowest BCUT2D eigenvalue weighted by molar-refractivity contribution is 0.0667. The van der Waals surface area contributed by atoms with E-state index in [1.165, 1.54) is 0 Å². The highest BCUT2D eigenvalue weighted by Crippen LogP contribution is 2.31. The number of hydrogen-bond acceptors (Lipinski definition) is 2. The van der Waals surface area contributed by atoms with Crippen LogP contribution in [0.25, 0.3) is 0 Å². The van der Waals surface area contributed by atoms with E-state index in [0.29, 0.717) is 12.3 Å². The van der Waals surface area contributed by atoms with Crippen molar-refractivity contribution in [1.29, 1.82) is 0 Å². The van der Waals surface area contributed by atoms with Crippen molar-refractivity contribution >= 4 is 6.09 Å². The van der Waals surface area contributed by atoms with Gasteiger partial charge in [-0.15, -0.1) is 0 Å². The number of ether oxygens (including phenoxy) is 1. The van der Waals surface area contributed by atoms with Crippen LogP contribution in [0.4, 0.5) is 13.6 Å². The summed E-state index contributed by atoms with van der Waals surface area (Å²) >= 11 is 0. The lowest BCUT2D eigenvalue weighted by Crippen LogP contribution is -2.38. The lowest BCUT2D eigenvalue weighted by atomic mass is 9.81. The molecule has 0 radical (unpaired) electrons. The quantitative estimate of drug-likeness (QED) is 0.818. The number of benzene rings is 1. The van der Waals surface area contributed by atoms with E-state index in [1.54, 1.807) is 6.92 Å².